The molecule has 0 aliphatic carbocycles. The van der Waals surface area contributed by atoms with Crippen LogP contribution < -0.4 is 0 Å². The molecule has 1 fully saturated rings. The topological polar surface area (TPSA) is 75.4 Å². The number of amides is 1. The average molecular weight is 327 g/mol. The number of likely N-dealkylation sites (tertiary alicyclic amines) is 1. The zero-order valence-electron chi connectivity index (χ0n) is 13.9. The Morgan fingerprint density at radius 1 is 1.38 bits per heavy atom. The number of nitrogens with zero attached hydrogens (tertiary/aromatic N) is 3. The Balaban J connectivity index is 1.76. The minimum Gasteiger partial charge on any atom is -0.507 e. The Kier molecular flexibility index (Phi) is 4.38. The number of aryl methyl sites for hydroxylation is 2. The van der Waals surface area contributed by atoms with Crippen LogP contribution in [-0.4, -0.2) is 44.1 Å². The van der Waals surface area contributed by atoms with Crippen LogP contribution in [0, 0.1) is 6.92 Å². The van der Waals surface area contributed by atoms with Gasteiger partial charge >= 0.3 is 0 Å². The van der Waals surface area contributed by atoms with Crippen molar-refractivity contribution in [1.82, 2.24) is 14.7 Å². The van der Waals surface area contributed by atoms with E-state index in [-0.39, 0.29) is 29.9 Å². The predicted molar refractivity (Wildman–Crippen MR) is 89.1 cm³/mol. The summed E-state index contributed by atoms with van der Waals surface area (Å²) in [7, 11) is 1.77. The molecule has 2 aromatic rings. The fraction of sp³-hybridized carbons (Fsp3) is 0.389. The number of carbonyl (C=O) groups is 2. The van der Waals surface area contributed by atoms with E-state index in [4.69, 9.17) is 0 Å². The molecule has 0 spiro atoms. The van der Waals surface area contributed by atoms with Crippen molar-refractivity contribution in [1.29, 1.82) is 0 Å². The smallest absolute Gasteiger partial charge is 0.257 e. The second-order valence-electron chi connectivity index (χ2n) is 6.35. The summed E-state index contributed by atoms with van der Waals surface area (Å²) in [6.07, 6.45) is 5.18. The van der Waals surface area contributed by atoms with Gasteiger partial charge in [-0.2, -0.15) is 5.10 Å². The lowest BCUT2D eigenvalue weighted by molar-refractivity contribution is 0.0714. The molecule has 3 rings (SSSR count). The van der Waals surface area contributed by atoms with Crippen molar-refractivity contribution in [2.45, 2.75) is 32.2 Å². The number of aromatic hydroxyl groups is 1. The van der Waals surface area contributed by atoms with E-state index in [9.17, 15) is 14.7 Å². The first-order valence-corrected chi connectivity index (χ1v) is 8.08. The van der Waals surface area contributed by atoms with Crippen LogP contribution in [0.15, 0.2) is 30.6 Å². The molecule has 0 saturated carbocycles. The number of hydrogen-bond acceptors (Lipinski definition) is 4. The molecule has 126 valence electrons. The van der Waals surface area contributed by atoms with Gasteiger partial charge < -0.3 is 10.0 Å². The van der Waals surface area contributed by atoms with E-state index in [1.54, 1.807) is 41.2 Å². The van der Waals surface area contributed by atoms with E-state index in [1.807, 2.05) is 6.92 Å². The van der Waals surface area contributed by atoms with Crippen LogP contribution in [0.25, 0.3) is 0 Å². The summed E-state index contributed by atoms with van der Waals surface area (Å²) in [5.74, 6) is -0.242. The van der Waals surface area contributed by atoms with E-state index in [0.717, 1.165) is 18.4 Å². The molecule has 1 aliphatic heterocycles. The molecule has 1 saturated heterocycles. The first kappa shape index (κ1) is 16.2. The highest BCUT2D eigenvalue weighted by molar-refractivity contribution is 5.99. The number of hydrogen-bond donors (Lipinski definition) is 1. The van der Waals surface area contributed by atoms with Crippen LogP contribution in [0.4, 0.5) is 0 Å². The molecule has 6 heteroatoms. The van der Waals surface area contributed by atoms with E-state index in [2.05, 4.69) is 5.10 Å². The van der Waals surface area contributed by atoms with E-state index in [1.165, 1.54) is 6.07 Å². The maximum absolute atomic E-state index is 12.8. The van der Waals surface area contributed by atoms with E-state index < -0.39 is 0 Å². The summed E-state index contributed by atoms with van der Waals surface area (Å²) in [5.41, 5.74) is 1.78. The third-order valence-corrected chi connectivity index (χ3v) is 4.47. The molecule has 0 radical (unpaired) electrons. The highest BCUT2D eigenvalue weighted by Gasteiger charge is 2.32. The second kappa shape index (κ2) is 6.47. The molecule has 6 nitrogen and oxygen atoms in total. The van der Waals surface area contributed by atoms with E-state index in [0.29, 0.717) is 17.7 Å². The third kappa shape index (κ3) is 3.18. The van der Waals surface area contributed by atoms with Crippen molar-refractivity contribution >= 4 is 11.7 Å². The van der Waals surface area contributed by atoms with Crippen molar-refractivity contribution in [3.8, 4) is 5.75 Å². The largest absolute Gasteiger partial charge is 0.507 e. The van der Waals surface area contributed by atoms with Gasteiger partial charge in [0, 0.05) is 32.3 Å². The number of ketones is 1. The number of carbonyl (C=O) groups excluding carboxylic acids is 2. The first-order valence-electron chi connectivity index (χ1n) is 8.08. The molecule has 2 heterocycles. The van der Waals surface area contributed by atoms with Gasteiger partial charge in [-0.25, -0.2) is 0 Å². The fourth-order valence-electron chi connectivity index (χ4n) is 3.19. The maximum Gasteiger partial charge on any atom is 0.257 e. The van der Waals surface area contributed by atoms with Gasteiger partial charge in [-0.05, 0) is 31.9 Å². The zero-order chi connectivity index (χ0) is 17.3. The predicted octanol–water partition coefficient (Wildman–Crippen LogP) is 2.31. The number of aromatic nitrogens is 2. The number of Topliss-reactive ketones (excluding diaryl/α,β-unsaturated/α-hetero) is 1. The van der Waals surface area contributed by atoms with E-state index >= 15 is 0 Å². The number of benzene rings is 1. The van der Waals surface area contributed by atoms with Crippen molar-refractivity contribution in [2.24, 2.45) is 7.05 Å². The van der Waals surface area contributed by atoms with Gasteiger partial charge in [0.1, 0.15) is 5.75 Å². The summed E-state index contributed by atoms with van der Waals surface area (Å²) >= 11 is 0. The summed E-state index contributed by atoms with van der Waals surface area (Å²) < 4.78 is 1.59. The lowest BCUT2D eigenvalue weighted by Crippen LogP contribution is -2.36. The van der Waals surface area contributed by atoms with Gasteiger partial charge in [0.05, 0.1) is 17.3 Å². The minimum atomic E-state index is -0.210. The van der Waals surface area contributed by atoms with Gasteiger partial charge in [0.25, 0.3) is 5.91 Å². The Bertz CT molecular complexity index is 782. The summed E-state index contributed by atoms with van der Waals surface area (Å²) in [6.45, 7) is 2.49. The van der Waals surface area contributed by atoms with Crippen LogP contribution in [-0.2, 0) is 7.05 Å². The highest BCUT2D eigenvalue weighted by atomic mass is 16.3. The molecular formula is C18H21N3O3. The van der Waals surface area contributed by atoms with Gasteiger partial charge in [0.2, 0.25) is 0 Å². The van der Waals surface area contributed by atoms with Crippen molar-refractivity contribution < 1.29 is 14.7 Å². The van der Waals surface area contributed by atoms with Gasteiger partial charge in [0.15, 0.2) is 5.78 Å². The zero-order valence-corrected chi connectivity index (χ0v) is 13.9. The normalized spacial score (nSPS) is 17.2. The SMILES string of the molecule is Cc1ccc(O)c(C(=O)N2CCC[C@@H]2CC(=O)c2cnn(C)c2)c1. The van der Waals surface area contributed by atoms with Crippen molar-refractivity contribution in [2.75, 3.05) is 6.54 Å². The Morgan fingerprint density at radius 3 is 2.88 bits per heavy atom. The Labute approximate surface area is 140 Å². The summed E-state index contributed by atoms with van der Waals surface area (Å²) in [6, 6.07) is 4.86. The van der Waals surface area contributed by atoms with Crippen LogP contribution in [0.5, 0.6) is 5.75 Å². The average Bonchev–Trinajstić information content (AvgIpc) is 3.18. The second-order valence-corrected chi connectivity index (χ2v) is 6.35. The Morgan fingerprint density at radius 2 is 2.17 bits per heavy atom. The maximum atomic E-state index is 12.8. The molecule has 24 heavy (non-hydrogen) atoms. The molecule has 1 atom stereocenters. The molecular weight excluding hydrogens is 306 g/mol. The summed E-state index contributed by atoms with van der Waals surface area (Å²) in [5, 5.41) is 14.0. The standard InChI is InChI=1S/C18H21N3O3/c1-12-5-6-16(22)15(8-12)18(24)21-7-3-4-14(21)9-17(23)13-10-19-20(2)11-13/h5-6,8,10-11,14,22H,3-4,7,9H2,1-2H3/t14-/m1/s1. The van der Waals surface area contributed by atoms with Crippen molar-refractivity contribution in [3.05, 3.63) is 47.3 Å². The molecule has 0 unspecified atom stereocenters. The quantitative estimate of drug-likeness (QED) is 0.875. The lowest BCUT2D eigenvalue weighted by Gasteiger charge is -2.24. The number of phenolic OH excluding ortho intramolecular Hbond substituents is 1. The van der Waals surface area contributed by atoms with Gasteiger partial charge in [-0.3, -0.25) is 14.3 Å². The molecule has 1 N–H and O–H groups in total. The molecule has 1 amide bonds. The van der Waals surface area contributed by atoms with Crippen LogP contribution in [0.1, 0.15) is 45.5 Å². The minimum absolute atomic E-state index is 0.0127. The highest BCUT2D eigenvalue weighted by Crippen LogP contribution is 2.27. The molecule has 1 aromatic heterocycles. The number of rotatable bonds is 4. The van der Waals surface area contributed by atoms with Crippen molar-refractivity contribution in [3.63, 3.8) is 0 Å². The van der Waals surface area contributed by atoms with Gasteiger partial charge in [-0.15, -0.1) is 0 Å². The summed E-state index contributed by atoms with van der Waals surface area (Å²) in [4.78, 5) is 26.9. The van der Waals surface area contributed by atoms with Crippen LogP contribution >= 0.6 is 0 Å². The molecule has 1 aliphatic rings. The Hall–Kier alpha value is -2.63. The van der Waals surface area contributed by atoms with Crippen LogP contribution in [0.2, 0.25) is 0 Å². The lowest BCUT2D eigenvalue weighted by atomic mass is 10.0. The van der Waals surface area contributed by atoms with Crippen LogP contribution in [0.3, 0.4) is 0 Å². The monoisotopic (exact) mass is 327 g/mol. The van der Waals surface area contributed by atoms with Gasteiger partial charge in [-0.1, -0.05) is 11.6 Å². The first-order chi connectivity index (χ1) is 11.5. The third-order valence-electron chi connectivity index (χ3n) is 4.47. The number of phenols is 1. The molecule has 0 bridgehead atoms. The molecule has 1 aromatic carbocycles. The fourth-order valence-corrected chi connectivity index (χ4v) is 3.19.